The maximum atomic E-state index is 4.75. The van der Waals surface area contributed by atoms with Crippen molar-refractivity contribution in [2.24, 2.45) is 0 Å². The number of nitrogens with one attached hydrogen (secondary N) is 1. The first-order chi connectivity index (χ1) is 9.36. The van der Waals surface area contributed by atoms with Gasteiger partial charge in [0.1, 0.15) is 11.6 Å². The molecule has 3 rings (SSSR count). The molecule has 2 aliphatic rings. The Kier molecular flexibility index (Phi) is 4.53. The molecule has 1 aromatic rings. The molecule has 1 N–H and O–H groups in total. The van der Waals surface area contributed by atoms with E-state index < -0.39 is 0 Å². The summed E-state index contributed by atoms with van der Waals surface area (Å²) < 4.78 is 0. The number of nitrogens with zero attached hydrogens (tertiary/aromatic N) is 2. The van der Waals surface area contributed by atoms with Gasteiger partial charge in [-0.05, 0) is 12.8 Å². The van der Waals surface area contributed by atoms with Crippen molar-refractivity contribution >= 4 is 29.3 Å². The highest BCUT2D eigenvalue weighted by Crippen LogP contribution is 2.34. The van der Waals surface area contributed by atoms with Gasteiger partial charge in [0.15, 0.2) is 0 Å². The normalized spacial score (nSPS) is 19.4. The molecule has 19 heavy (non-hydrogen) atoms. The van der Waals surface area contributed by atoms with Crippen LogP contribution < -0.4 is 5.32 Å². The lowest BCUT2D eigenvalue weighted by Crippen LogP contribution is -2.10. The minimum atomic E-state index is 0.831. The lowest BCUT2D eigenvalue weighted by molar-refractivity contribution is 0.516. The number of hydrogen-bond donors (Lipinski definition) is 1. The Labute approximate surface area is 123 Å². The highest BCUT2D eigenvalue weighted by atomic mass is 32.2. The Morgan fingerprint density at radius 3 is 2.84 bits per heavy atom. The molecule has 0 atom stereocenters. The maximum Gasteiger partial charge on any atom is 0.140 e. The molecule has 0 saturated heterocycles. The second-order valence-corrected chi connectivity index (χ2v) is 7.50. The van der Waals surface area contributed by atoms with Crippen LogP contribution in [-0.4, -0.2) is 22.3 Å². The number of rotatable bonds is 4. The van der Waals surface area contributed by atoms with E-state index in [0.717, 1.165) is 34.2 Å². The summed E-state index contributed by atoms with van der Waals surface area (Å²) in [6.45, 7) is 0. The van der Waals surface area contributed by atoms with Gasteiger partial charge in [0.05, 0.1) is 11.4 Å². The molecule has 104 valence electrons. The lowest BCUT2D eigenvalue weighted by atomic mass is 10.0. The number of anilines is 1. The standard InChI is InChI=1S/C14H21N3S2/c1-15-14-11-7-18-8-12(11)16-13(17-14)9-19-10-5-3-2-4-6-10/h10H,2-9H2,1H3,(H,15,16,17). The van der Waals surface area contributed by atoms with Crippen LogP contribution in [0.3, 0.4) is 0 Å². The first-order valence-electron chi connectivity index (χ1n) is 7.12. The van der Waals surface area contributed by atoms with E-state index in [1.165, 1.54) is 43.4 Å². The second kappa shape index (κ2) is 6.35. The summed E-state index contributed by atoms with van der Waals surface area (Å²) in [5, 5.41) is 4.06. The summed E-state index contributed by atoms with van der Waals surface area (Å²) in [4.78, 5) is 9.44. The maximum absolute atomic E-state index is 4.75. The van der Waals surface area contributed by atoms with Gasteiger partial charge in [-0.1, -0.05) is 19.3 Å². The van der Waals surface area contributed by atoms with Gasteiger partial charge in [-0.3, -0.25) is 0 Å². The zero-order valence-corrected chi connectivity index (χ0v) is 13.1. The van der Waals surface area contributed by atoms with Gasteiger partial charge in [0, 0.05) is 29.4 Å². The van der Waals surface area contributed by atoms with E-state index in [2.05, 4.69) is 17.1 Å². The molecule has 1 aliphatic heterocycles. The van der Waals surface area contributed by atoms with Gasteiger partial charge in [-0.2, -0.15) is 23.5 Å². The number of aromatic nitrogens is 2. The molecule has 0 radical (unpaired) electrons. The largest absolute Gasteiger partial charge is 0.373 e. The van der Waals surface area contributed by atoms with Crippen LogP contribution in [0.25, 0.3) is 0 Å². The van der Waals surface area contributed by atoms with Crippen molar-refractivity contribution in [3.8, 4) is 0 Å². The Morgan fingerprint density at radius 1 is 1.21 bits per heavy atom. The van der Waals surface area contributed by atoms with Crippen LogP contribution in [0.5, 0.6) is 0 Å². The fraction of sp³-hybridized carbons (Fsp3) is 0.714. The molecule has 0 amide bonds. The summed E-state index contributed by atoms with van der Waals surface area (Å²) in [6.07, 6.45) is 6.99. The topological polar surface area (TPSA) is 37.8 Å². The first-order valence-corrected chi connectivity index (χ1v) is 9.33. The van der Waals surface area contributed by atoms with E-state index in [1.807, 2.05) is 18.8 Å². The predicted octanol–water partition coefficient (Wildman–Crippen LogP) is 3.83. The number of hydrogen-bond acceptors (Lipinski definition) is 5. The molecule has 1 fully saturated rings. The minimum Gasteiger partial charge on any atom is -0.373 e. The monoisotopic (exact) mass is 295 g/mol. The van der Waals surface area contributed by atoms with Crippen molar-refractivity contribution < 1.29 is 0 Å². The van der Waals surface area contributed by atoms with E-state index in [9.17, 15) is 0 Å². The summed E-state index contributed by atoms with van der Waals surface area (Å²) in [5.41, 5.74) is 2.57. The molecule has 0 bridgehead atoms. The summed E-state index contributed by atoms with van der Waals surface area (Å²) in [6, 6.07) is 0. The van der Waals surface area contributed by atoms with Crippen molar-refractivity contribution in [2.75, 3.05) is 12.4 Å². The summed E-state index contributed by atoms with van der Waals surface area (Å²) in [5.74, 6) is 5.14. The van der Waals surface area contributed by atoms with Crippen molar-refractivity contribution in [1.82, 2.24) is 9.97 Å². The van der Waals surface area contributed by atoms with Crippen molar-refractivity contribution in [2.45, 2.75) is 54.6 Å². The molecular formula is C14H21N3S2. The fourth-order valence-corrected chi connectivity index (χ4v) is 5.02. The van der Waals surface area contributed by atoms with E-state index in [4.69, 9.17) is 9.97 Å². The molecule has 0 spiro atoms. The lowest BCUT2D eigenvalue weighted by Gasteiger charge is -2.20. The van der Waals surface area contributed by atoms with Gasteiger partial charge in [0.2, 0.25) is 0 Å². The SMILES string of the molecule is CNc1nc(CSC2CCCCC2)nc2c1CSC2. The first kappa shape index (κ1) is 13.6. The van der Waals surface area contributed by atoms with Gasteiger partial charge in [-0.15, -0.1) is 0 Å². The average Bonchev–Trinajstić information content (AvgIpc) is 2.93. The van der Waals surface area contributed by atoms with Crippen LogP contribution in [0.15, 0.2) is 0 Å². The quantitative estimate of drug-likeness (QED) is 0.913. The van der Waals surface area contributed by atoms with Crippen molar-refractivity contribution in [3.05, 3.63) is 17.1 Å². The predicted molar refractivity (Wildman–Crippen MR) is 84.7 cm³/mol. The van der Waals surface area contributed by atoms with Crippen molar-refractivity contribution in [3.63, 3.8) is 0 Å². The van der Waals surface area contributed by atoms with Gasteiger partial charge in [-0.25, -0.2) is 9.97 Å². The molecular weight excluding hydrogens is 274 g/mol. The fourth-order valence-electron chi connectivity index (χ4n) is 2.80. The van der Waals surface area contributed by atoms with Crippen LogP contribution in [-0.2, 0) is 17.3 Å². The van der Waals surface area contributed by atoms with Gasteiger partial charge in [0.25, 0.3) is 0 Å². The zero-order valence-electron chi connectivity index (χ0n) is 11.4. The average molecular weight is 295 g/mol. The molecule has 5 heteroatoms. The zero-order chi connectivity index (χ0) is 13.1. The van der Waals surface area contributed by atoms with Crippen LogP contribution in [0.1, 0.15) is 49.2 Å². The third-order valence-electron chi connectivity index (χ3n) is 3.86. The van der Waals surface area contributed by atoms with Gasteiger partial charge < -0.3 is 5.32 Å². The minimum absolute atomic E-state index is 0.831. The third kappa shape index (κ3) is 3.19. The molecule has 0 unspecified atom stereocenters. The Morgan fingerprint density at radius 2 is 2.05 bits per heavy atom. The second-order valence-electron chi connectivity index (χ2n) is 5.23. The Bertz CT molecular complexity index is 445. The molecule has 1 aliphatic carbocycles. The van der Waals surface area contributed by atoms with E-state index in [0.29, 0.717) is 0 Å². The molecule has 0 aromatic carbocycles. The highest BCUT2D eigenvalue weighted by molar-refractivity contribution is 7.99. The smallest absolute Gasteiger partial charge is 0.140 e. The van der Waals surface area contributed by atoms with Crippen LogP contribution in [0.4, 0.5) is 5.82 Å². The Hall–Kier alpha value is -0.420. The number of fused-ring (bicyclic) bond motifs is 1. The number of thioether (sulfide) groups is 2. The molecule has 1 saturated carbocycles. The summed E-state index contributed by atoms with van der Waals surface area (Å²) in [7, 11) is 1.96. The highest BCUT2D eigenvalue weighted by Gasteiger charge is 2.20. The molecule has 3 nitrogen and oxygen atoms in total. The van der Waals surface area contributed by atoms with Crippen molar-refractivity contribution in [1.29, 1.82) is 0 Å². The van der Waals surface area contributed by atoms with E-state index >= 15 is 0 Å². The molecule has 1 aromatic heterocycles. The van der Waals surface area contributed by atoms with Gasteiger partial charge >= 0.3 is 0 Å². The third-order valence-corrected chi connectivity index (χ3v) is 6.20. The van der Waals surface area contributed by atoms with E-state index in [1.54, 1.807) is 0 Å². The van der Waals surface area contributed by atoms with Crippen LogP contribution >= 0.6 is 23.5 Å². The Balaban J connectivity index is 1.67. The van der Waals surface area contributed by atoms with Crippen LogP contribution in [0.2, 0.25) is 0 Å². The summed E-state index contributed by atoms with van der Waals surface area (Å²) >= 11 is 3.99. The van der Waals surface area contributed by atoms with E-state index in [-0.39, 0.29) is 0 Å². The van der Waals surface area contributed by atoms with Crippen LogP contribution in [0, 0.1) is 0 Å². The molecule has 2 heterocycles.